The lowest BCUT2D eigenvalue weighted by Gasteiger charge is -2.34. The second kappa shape index (κ2) is 7.09. The van der Waals surface area contributed by atoms with Crippen molar-refractivity contribution >= 4 is 11.7 Å². The van der Waals surface area contributed by atoms with Crippen molar-refractivity contribution in [1.82, 2.24) is 9.88 Å². The molecule has 1 saturated heterocycles. The number of nitrogens with zero attached hydrogens (tertiary/aromatic N) is 2. The molecule has 1 aliphatic heterocycles. The predicted molar refractivity (Wildman–Crippen MR) is 93.1 cm³/mol. The Balaban J connectivity index is 1.41. The first-order valence-electron chi connectivity index (χ1n) is 9.41. The van der Waals surface area contributed by atoms with Gasteiger partial charge in [-0.25, -0.2) is 4.79 Å². The van der Waals surface area contributed by atoms with E-state index in [1.165, 1.54) is 43.4 Å². The van der Waals surface area contributed by atoms with E-state index in [1.807, 2.05) is 4.90 Å². The molecule has 2 fully saturated rings. The van der Waals surface area contributed by atoms with Crippen molar-refractivity contribution in [3.05, 3.63) is 23.5 Å². The number of urea groups is 1. The number of fused-ring (bicyclic) bond motifs is 1. The molecule has 3 aliphatic rings. The third kappa shape index (κ3) is 3.41. The number of carbonyl (C=O) groups is 1. The minimum atomic E-state index is -0.0117. The Labute approximate surface area is 143 Å². The molecule has 5 nitrogen and oxygen atoms in total. The molecule has 2 aliphatic carbocycles. The molecule has 1 saturated carbocycles. The molecule has 2 heterocycles. The molecule has 0 radical (unpaired) electrons. The minimum absolute atomic E-state index is 0.0117. The molecule has 1 aromatic heterocycles. The first-order chi connectivity index (χ1) is 11.8. The van der Waals surface area contributed by atoms with Crippen LogP contribution in [0.5, 0.6) is 0 Å². The van der Waals surface area contributed by atoms with Crippen molar-refractivity contribution in [2.45, 2.75) is 44.9 Å². The van der Waals surface area contributed by atoms with Crippen molar-refractivity contribution in [2.75, 3.05) is 31.6 Å². The molecular weight excluding hydrogens is 302 g/mol. The van der Waals surface area contributed by atoms with Crippen LogP contribution in [-0.4, -0.2) is 42.2 Å². The third-order valence-electron chi connectivity index (χ3n) is 5.82. The summed E-state index contributed by atoms with van der Waals surface area (Å²) in [5.41, 5.74) is 3.32. The van der Waals surface area contributed by atoms with E-state index in [0.717, 1.165) is 37.6 Å². The van der Waals surface area contributed by atoms with Gasteiger partial charge in [-0.1, -0.05) is 19.3 Å². The lowest BCUT2D eigenvalue weighted by molar-refractivity contribution is 0.0776. The molecule has 0 aromatic carbocycles. The quantitative estimate of drug-likeness (QED) is 0.906. The molecule has 24 heavy (non-hydrogen) atoms. The van der Waals surface area contributed by atoms with Crippen LogP contribution in [0.15, 0.2) is 12.3 Å². The van der Waals surface area contributed by atoms with Crippen molar-refractivity contribution < 1.29 is 9.53 Å². The van der Waals surface area contributed by atoms with Gasteiger partial charge in [-0.05, 0) is 43.2 Å². The number of aromatic nitrogens is 1. The maximum atomic E-state index is 12.7. The van der Waals surface area contributed by atoms with E-state index in [1.54, 1.807) is 6.20 Å². The Bertz CT molecular complexity index is 600. The standard InChI is InChI=1S/C19H27N3O2/c23-19(21-17-10-15-4-1-2-7-18(15)20-11-17)22-8-9-24-13-16(12-22)14-5-3-6-14/h10-11,14,16H,1-9,12-13H2,(H,21,23). The largest absolute Gasteiger partial charge is 0.379 e. The van der Waals surface area contributed by atoms with Gasteiger partial charge >= 0.3 is 6.03 Å². The fourth-order valence-electron chi connectivity index (χ4n) is 4.08. The average Bonchev–Trinajstić information content (AvgIpc) is 2.79. The highest BCUT2D eigenvalue weighted by Gasteiger charge is 2.32. The van der Waals surface area contributed by atoms with Gasteiger partial charge in [0.2, 0.25) is 0 Å². The fraction of sp³-hybridized carbons (Fsp3) is 0.684. The molecule has 1 N–H and O–H groups in total. The summed E-state index contributed by atoms with van der Waals surface area (Å²) >= 11 is 0. The van der Waals surface area contributed by atoms with Gasteiger partial charge < -0.3 is 15.0 Å². The Morgan fingerprint density at radius 3 is 2.92 bits per heavy atom. The van der Waals surface area contributed by atoms with E-state index in [0.29, 0.717) is 19.1 Å². The molecular formula is C19H27N3O2. The average molecular weight is 329 g/mol. The number of rotatable bonds is 2. The third-order valence-corrected chi connectivity index (χ3v) is 5.82. The Kier molecular flexibility index (Phi) is 4.69. The Morgan fingerprint density at radius 2 is 2.08 bits per heavy atom. The fourth-order valence-corrected chi connectivity index (χ4v) is 4.08. The van der Waals surface area contributed by atoms with Gasteiger partial charge in [-0.3, -0.25) is 4.98 Å². The molecule has 5 heteroatoms. The van der Waals surface area contributed by atoms with Gasteiger partial charge in [0.05, 0.1) is 25.1 Å². The summed E-state index contributed by atoms with van der Waals surface area (Å²) in [6.45, 7) is 2.93. The number of carbonyl (C=O) groups excluding carboxylic acids is 1. The van der Waals surface area contributed by atoms with Crippen molar-refractivity contribution in [3.63, 3.8) is 0 Å². The van der Waals surface area contributed by atoms with E-state index in [9.17, 15) is 4.79 Å². The van der Waals surface area contributed by atoms with E-state index < -0.39 is 0 Å². The van der Waals surface area contributed by atoms with Crippen LogP contribution in [-0.2, 0) is 17.6 Å². The maximum Gasteiger partial charge on any atom is 0.321 e. The van der Waals surface area contributed by atoms with Gasteiger partial charge in [0.1, 0.15) is 0 Å². The zero-order chi connectivity index (χ0) is 16.4. The molecule has 1 aromatic rings. The zero-order valence-electron chi connectivity index (χ0n) is 14.3. The van der Waals surface area contributed by atoms with Crippen LogP contribution in [0.25, 0.3) is 0 Å². The topological polar surface area (TPSA) is 54.5 Å². The number of amides is 2. The summed E-state index contributed by atoms with van der Waals surface area (Å²) in [7, 11) is 0. The van der Waals surface area contributed by atoms with Crippen LogP contribution in [0.4, 0.5) is 10.5 Å². The molecule has 4 rings (SSSR count). The number of aryl methyl sites for hydroxylation is 2. The van der Waals surface area contributed by atoms with Crippen LogP contribution in [0.1, 0.15) is 43.4 Å². The Morgan fingerprint density at radius 1 is 1.21 bits per heavy atom. The minimum Gasteiger partial charge on any atom is -0.379 e. The second-order valence-electron chi connectivity index (χ2n) is 7.44. The first-order valence-corrected chi connectivity index (χ1v) is 9.41. The van der Waals surface area contributed by atoms with Crippen LogP contribution in [0.3, 0.4) is 0 Å². The predicted octanol–water partition coefficient (Wildman–Crippen LogP) is 3.24. The molecule has 130 valence electrons. The summed E-state index contributed by atoms with van der Waals surface area (Å²) in [6.07, 6.45) is 10.3. The van der Waals surface area contributed by atoms with Gasteiger partial charge in [0, 0.05) is 24.7 Å². The zero-order valence-corrected chi connectivity index (χ0v) is 14.3. The van der Waals surface area contributed by atoms with Gasteiger partial charge in [0.15, 0.2) is 0 Å². The summed E-state index contributed by atoms with van der Waals surface area (Å²) in [4.78, 5) is 19.2. The lowest BCUT2D eigenvalue weighted by atomic mass is 9.76. The highest BCUT2D eigenvalue weighted by molar-refractivity contribution is 5.89. The van der Waals surface area contributed by atoms with Crippen LogP contribution >= 0.6 is 0 Å². The van der Waals surface area contributed by atoms with E-state index in [2.05, 4.69) is 16.4 Å². The van der Waals surface area contributed by atoms with E-state index in [-0.39, 0.29) is 6.03 Å². The molecule has 2 amide bonds. The number of anilines is 1. The van der Waals surface area contributed by atoms with Crippen LogP contribution < -0.4 is 5.32 Å². The molecule has 0 bridgehead atoms. The van der Waals surface area contributed by atoms with Crippen molar-refractivity contribution in [1.29, 1.82) is 0 Å². The SMILES string of the molecule is O=C(Nc1cnc2c(c1)CCCC2)N1CCOCC(C2CCC2)C1. The van der Waals surface area contributed by atoms with E-state index >= 15 is 0 Å². The van der Waals surface area contributed by atoms with Gasteiger partial charge in [0.25, 0.3) is 0 Å². The number of pyridine rings is 1. The van der Waals surface area contributed by atoms with Crippen molar-refractivity contribution in [2.24, 2.45) is 11.8 Å². The number of hydrogen-bond acceptors (Lipinski definition) is 3. The van der Waals surface area contributed by atoms with Crippen LogP contribution in [0.2, 0.25) is 0 Å². The summed E-state index contributed by atoms with van der Waals surface area (Å²) in [5.74, 6) is 1.23. The molecule has 1 atom stereocenters. The molecule has 0 spiro atoms. The van der Waals surface area contributed by atoms with Gasteiger partial charge in [-0.2, -0.15) is 0 Å². The smallest absolute Gasteiger partial charge is 0.321 e. The number of ether oxygens (including phenoxy) is 1. The Hall–Kier alpha value is -1.62. The monoisotopic (exact) mass is 329 g/mol. The summed E-state index contributed by atoms with van der Waals surface area (Å²) < 4.78 is 5.73. The molecule has 1 unspecified atom stereocenters. The number of hydrogen-bond donors (Lipinski definition) is 1. The highest BCUT2D eigenvalue weighted by atomic mass is 16.5. The normalized spacial score (nSPS) is 24.7. The van der Waals surface area contributed by atoms with Crippen LogP contribution in [0, 0.1) is 11.8 Å². The number of nitrogens with one attached hydrogen (secondary N) is 1. The summed E-state index contributed by atoms with van der Waals surface area (Å²) in [6, 6.07) is 2.10. The van der Waals surface area contributed by atoms with Gasteiger partial charge in [-0.15, -0.1) is 0 Å². The van der Waals surface area contributed by atoms with E-state index in [4.69, 9.17) is 4.74 Å². The summed E-state index contributed by atoms with van der Waals surface area (Å²) in [5, 5.41) is 3.05. The first kappa shape index (κ1) is 15.9. The van der Waals surface area contributed by atoms with Crippen molar-refractivity contribution in [3.8, 4) is 0 Å². The second-order valence-corrected chi connectivity index (χ2v) is 7.44. The lowest BCUT2D eigenvalue weighted by Crippen LogP contribution is -2.41. The maximum absolute atomic E-state index is 12.7. The highest BCUT2D eigenvalue weighted by Crippen LogP contribution is 2.34.